The summed E-state index contributed by atoms with van der Waals surface area (Å²) < 4.78 is 31.2. The van der Waals surface area contributed by atoms with Crippen molar-refractivity contribution in [2.75, 3.05) is 25.5 Å². The van der Waals surface area contributed by atoms with E-state index in [1.54, 1.807) is 30.3 Å². The van der Waals surface area contributed by atoms with Crippen molar-refractivity contribution in [2.24, 2.45) is 5.73 Å². The Hall–Kier alpha value is -2.91. The highest BCUT2D eigenvalue weighted by Gasteiger charge is 2.22. The number of amides is 2. The van der Waals surface area contributed by atoms with E-state index in [-0.39, 0.29) is 18.0 Å². The van der Waals surface area contributed by atoms with E-state index in [4.69, 9.17) is 10.5 Å². The van der Waals surface area contributed by atoms with Crippen LogP contribution in [0.25, 0.3) is 0 Å². The summed E-state index contributed by atoms with van der Waals surface area (Å²) in [6.07, 6.45) is 0. The molecule has 0 heterocycles. The Balaban J connectivity index is 2.01. The smallest absolute Gasteiger partial charge is 0.255 e. The molecule has 0 fully saturated rings. The number of anilines is 1. The number of sulfonamides is 1. The third-order valence-corrected chi connectivity index (χ3v) is 5.41. The number of primary amides is 1. The standard InChI is InChI=1S/C18H21N3O5S/c1-13-6-8-16(9-7-13)27(24,25)21(2)11-18(23)20-14-4-3-5-15(10-14)26-12-17(19)22/h3-10H,11-12H2,1-2H3,(H2,19,22)(H,20,23). The molecule has 2 aromatic rings. The summed E-state index contributed by atoms with van der Waals surface area (Å²) in [4.78, 5) is 23.1. The van der Waals surface area contributed by atoms with Gasteiger partial charge >= 0.3 is 0 Å². The van der Waals surface area contributed by atoms with Crippen LogP contribution >= 0.6 is 0 Å². The maximum absolute atomic E-state index is 12.5. The number of nitrogens with zero attached hydrogens (tertiary/aromatic N) is 1. The Bertz CT molecular complexity index is 926. The molecule has 0 aliphatic heterocycles. The molecule has 0 atom stereocenters. The van der Waals surface area contributed by atoms with Gasteiger partial charge in [-0.2, -0.15) is 4.31 Å². The van der Waals surface area contributed by atoms with Crippen molar-refractivity contribution in [2.45, 2.75) is 11.8 Å². The van der Waals surface area contributed by atoms with Crippen molar-refractivity contribution in [3.63, 3.8) is 0 Å². The summed E-state index contributed by atoms with van der Waals surface area (Å²) in [5.74, 6) is -0.778. The highest BCUT2D eigenvalue weighted by Crippen LogP contribution is 2.18. The second-order valence-electron chi connectivity index (χ2n) is 5.91. The number of nitrogens with two attached hydrogens (primary N) is 1. The van der Waals surface area contributed by atoms with Crippen LogP contribution in [0.5, 0.6) is 5.75 Å². The Morgan fingerprint density at radius 1 is 1.15 bits per heavy atom. The number of aryl methyl sites for hydroxylation is 1. The number of ether oxygens (including phenoxy) is 1. The predicted octanol–water partition coefficient (Wildman–Crippen LogP) is 1.12. The van der Waals surface area contributed by atoms with Crippen LogP contribution in [0.3, 0.4) is 0 Å². The lowest BCUT2D eigenvalue weighted by Gasteiger charge is -2.17. The quantitative estimate of drug-likeness (QED) is 0.699. The van der Waals surface area contributed by atoms with Crippen LogP contribution in [0.4, 0.5) is 5.69 Å². The molecule has 0 bridgehead atoms. The van der Waals surface area contributed by atoms with Crippen LogP contribution < -0.4 is 15.8 Å². The molecule has 3 N–H and O–H groups in total. The average Bonchev–Trinajstić information content (AvgIpc) is 2.60. The lowest BCUT2D eigenvalue weighted by Crippen LogP contribution is -2.34. The molecule has 2 rings (SSSR count). The SMILES string of the molecule is Cc1ccc(S(=O)(=O)N(C)CC(=O)Nc2cccc(OCC(N)=O)c2)cc1. The number of hydrogen-bond donors (Lipinski definition) is 2. The van der Waals surface area contributed by atoms with E-state index in [1.165, 1.54) is 25.2 Å². The number of carbonyl (C=O) groups is 2. The molecule has 2 amide bonds. The maximum Gasteiger partial charge on any atom is 0.255 e. The van der Waals surface area contributed by atoms with Gasteiger partial charge in [0, 0.05) is 18.8 Å². The molecule has 0 aliphatic carbocycles. The molecule has 8 nitrogen and oxygen atoms in total. The predicted molar refractivity (Wildman–Crippen MR) is 101 cm³/mol. The molecule has 2 aromatic carbocycles. The summed E-state index contributed by atoms with van der Waals surface area (Å²) in [5, 5.41) is 2.59. The zero-order valence-corrected chi connectivity index (χ0v) is 15.8. The highest BCUT2D eigenvalue weighted by atomic mass is 32.2. The van der Waals surface area contributed by atoms with Crippen LogP contribution in [0.2, 0.25) is 0 Å². The maximum atomic E-state index is 12.5. The van der Waals surface area contributed by atoms with E-state index in [1.807, 2.05) is 6.92 Å². The van der Waals surface area contributed by atoms with Gasteiger partial charge in [-0.1, -0.05) is 23.8 Å². The number of nitrogens with one attached hydrogen (secondary N) is 1. The normalized spacial score (nSPS) is 11.2. The minimum absolute atomic E-state index is 0.116. The summed E-state index contributed by atoms with van der Waals surface area (Å²) >= 11 is 0. The first kappa shape index (κ1) is 20.4. The topological polar surface area (TPSA) is 119 Å². The van der Waals surface area contributed by atoms with E-state index >= 15 is 0 Å². The van der Waals surface area contributed by atoms with Crippen LogP contribution in [0.1, 0.15) is 5.56 Å². The second-order valence-corrected chi connectivity index (χ2v) is 7.95. The molecule has 0 spiro atoms. The molecule has 144 valence electrons. The molecule has 0 aromatic heterocycles. The van der Waals surface area contributed by atoms with Crippen molar-refractivity contribution in [3.8, 4) is 5.75 Å². The summed E-state index contributed by atoms with van der Waals surface area (Å²) in [7, 11) is -2.44. The molecule has 0 radical (unpaired) electrons. The Morgan fingerprint density at radius 2 is 1.81 bits per heavy atom. The van der Waals surface area contributed by atoms with Crippen LogP contribution in [0, 0.1) is 6.92 Å². The molecule has 0 aliphatic rings. The van der Waals surface area contributed by atoms with Gasteiger partial charge in [0.2, 0.25) is 15.9 Å². The van der Waals surface area contributed by atoms with Gasteiger partial charge in [-0.05, 0) is 31.2 Å². The Kier molecular flexibility index (Phi) is 6.54. The minimum atomic E-state index is -3.77. The Labute approximate surface area is 158 Å². The molecule has 0 saturated carbocycles. The van der Waals surface area contributed by atoms with Crippen molar-refractivity contribution >= 4 is 27.5 Å². The first-order chi connectivity index (χ1) is 12.7. The fourth-order valence-corrected chi connectivity index (χ4v) is 3.32. The fraction of sp³-hybridized carbons (Fsp3) is 0.222. The van der Waals surface area contributed by atoms with E-state index in [2.05, 4.69) is 5.32 Å². The van der Waals surface area contributed by atoms with Gasteiger partial charge in [0.15, 0.2) is 6.61 Å². The minimum Gasteiger partial charge on any atom is -0.484 e. The van der Waals surface area contributed by atoms with E-state index in [9.17, 15) is 18.0 Å². The van der Waals surface area contributed by atoms with Crippen LogP contribution in [-0.2, 0) is 19.6 Å². The average molecular weight is 391 g/mol. The van der Waals surface area contributed by atoms with Crippen molar-refractivity contribution < 1.29 is 22.7 Å². The summed E-state index contributed by atoms with van der Waals surface area (Å²) in [5.41, 5.74) is 6.36. The molecule has 0 saturated heterocycles. The van der Waals surface area contributed by atoms with Gasteiger partial charge in [-0.25, -0.2) is 8.42 Å². The van der Waals surface area contributed by atoms with Gasteiger partial charge < -0.3 is 15.8 Å². The lowest BCUT2D eigenvalue weighted by atomic mass is 10.2. The third-order valence-electron chi connectivity index (χ3n) is 3.59. The van der Waals surface area contributed by atoms with Crippen LogP contribution in [-0.4, -0.2) is 44.7 Å². The monoisotopic (exact) mass is 391 g/mol. The highest BCUT2D eigenvalue weighted by molar-refractivity contribution is 7.89. The molecule has 0 unspecified atom stereocenters. The summed E-state index contributed by atoms with van der Waals surface area (Å²) in [6.45, 7) is 1.21. The van der Waals surface area contributed by atoms with Gasteiger partial charge in [-0.15, -0.1) is 0 Å². The number of hydrogen-bond acceptors (Lipinski definition) is 5. The number of benzene rings is 2. The second kappa shape index (κ2) is 8.65. The van der Waals surface area contributed by atoms with E-state index in [0.717, 1.165) is 9.87 Å². The summed E-state index contributed by atoms with van der Waals surface area (Å²) in [6, 6.07) is 12.7. The zero-order chi connectivity index (χ0) is 20.0. The van der Waals surface area contributed by atoms with Gasteiger partial charge in [-0.3, -0.25) is 9.59 Å². The molecule has 27 heavy (non-hydrogen) atoms. The molecular weight excluding hydrogens is 370 g/mol. The lowest BCUT2D eigenvalue weighted by molar-refractivity contribution is -0.120. The van der Waals surface area contributed by atoms with E-state index < -0.39 is 21.8 Å². The fourth-order valence-electron chi connectivity index (χ4n) is 2.20. The zero-order valence-electron chi connectivity index (χ0n) is 15.0. The number of likely N-dealkylation sites (N-methyl/N-ethyl adjacent to an activating group) is 1. The van der Waals surface area contributed by atoms with E-state index in [0.29, 0.717) is 11.4 Å². The van der Waals surface area contributed by atoms with Crippen LogP contribution in [0.15, 0.2) is 53.4 Å². The van der Waals surface area contributed by atoms with Gasteiger partial charge in [0.1, 0.15) is 5.75 Å². The number of carbonyl (C=O) groups excluding carboxylic acids is 2. The largest absolute Gasteiger partial charge is 0.484 e. The van der Waals surface area contributed by atoms with Gasteiger partial charge in [0.05, 0.1) is 11.4 Å². The third kappa shape index (κ3) is 5.80. The van der Waals surface area contributed by atoms with Gasteiger partial charge in [0.25, 0.3) is 5.91 Å². The number of rotatable bonds is 8. The molecule has 9 heteroatoms. The Morgan fingerprint density at radius 3 is 2.44 bits per heavy atom. The first-order valence-corrected chi connectivity index (χ1v) is 9.46. The van der Waals surface area contributed by atoms with Crippen molar-refractivity contribution in [1.82, 2.24) is 4.31 Å². The first-order valence-electron chi connectivity index (χ1n) is 8.02. The van der Waals surface area contributed by atoms with Crippen molar-refractivity contribution in [1.29, 1.82) is 0 Å². The molecular formula is C18H21N3O5S. The van der Waals surface area contributed by atoms with Crippen molar-refractivity contribution in [3.05, 3.63) is 54.1 Å².